The molecule has 1 rings (SSSR count). The van der Waals surface area contributed by atoms with Gasteiger partial charge in [-0.1, -0.05) is 25.5 Å². The molecular weight excluding hydrogens is 252 g/mol. The highest BCUT2D eigenvalue weighted by molar-refractivity contribution is 5.65. The zero-order chi connectivity index (χ0) is 15.5. The highest BCUT2D eigenvalue weighted by Gasteiger charge is 2.46. The van der Waals surface area contributed by atoms with Crippen LogP contribution in [0.2, 0.25) is 0 Å². The van der Waals surface area contributed by atoms with Crippen molar-refractivity contribution in [2.24, 2.45) is 23.7 Å². The molecule has 0 heterocycles. The first-order valence-corrected chi connectivity index (χ1v) is 7.64. The average Bonchev–Trinajstić information content (AvgIpc) is 2.25. The molecule has 5 unspecified atom stereocenters. The number of ether oxygens (including phenoxy) is 1. The largest absolute Gasteiger partial charge is 0.465 e. The maximum absolute atomic E-state index is 11.1. The maximum atomic E-state index is 11.1. The van der Waals surface area contributed by atoms with Crippen LogP contribution in [0.15, 0.2) is 11.6 Å². The molecule has 1 aliphatic rings. The number of esters is 1. The lowest BCUT2D eigenvalue weighted by molar-refractivity contribution is -0.154. The Morgan fingerprint density at radius 1 is 1.35 bits per heavy atom. The SMILES string of the molecule is CC(=O)OCC1C(C)C(CC=C(C)C)C(C)CC1(C)O. The van der Waals surface area contributed by atoms with E-state index in [1.165, 1.54) is 12.5 Å². The van der Waals surface area contributed by atoms with E-state index in [-0.39, 0.29) is 11.9 Å². The minimum Gasteiger partial charge on any atom is -0.465 e. The van der Waals surface area contributed by atoms with Crippen molar-refractivity contribution in [3.05, 3.63) is 11.6 Å². The highest BCUT2D eigenvalue weighted by Crippen LogP contribution is 2.46. The summed E-state index contributed by atoms with van der Waals surface area (Å²) < 4.78 is 5.18. The number of carbonyl (C=O) groups excluding carboxylic acids is 1. The van der Waals surface area contributed by atoms with E-state index >= 15 is 0 Å². The van der Waals surface area contributed by atoms with Crippen LogP contribution in [0.1, 0.15) is 54.4 Å². The summed E-state index contributed by atoms with van der Waals surface area (Å²) in [6, 6.07) is 0. The van der Waals surface area contributed by atoms with Crippen LogP contribution in [-0.2, 0) is 9.53 Å². The van der Waals surface area contributed by atoms with Gasteiger partial charge in [-0.15, -0.1) is 0 Å². The van der Waals surface area contributed by atoms with Gasteiger partial charge >= 0.3 is 5.97 Å². The van der Waals surface area contributed by atoms with Crippen molar-refractivity contribution in [3.8, 4) is 0 Å². The fourth-order valence-corrected chi connectivity index (χ4v) is 3.69. The first-order chi connectivity index (χ1) is 9.15. The molecule has 0 spiro atoms. The van der Waals surface area contributed by atoms with E-state index in [4.69, 9.17) is 4.74 Å². The second-order valence-electron chi connectivity index (χ2n) is 6.99. The Morgan fingerprint density at radius 3 is 2.45 bits per heavy atom. The van der Waals surface area contributed by atoms with E-state index in [0.717, 1.165) is 12.8 Å². The van der Waals surface area contributed by atoms with Crippen LogP contribution in [-0.4, -0.2) is 23.3 Å². The fourth-order valence-electron chi connectivity index (χ4n) is 3.69. The summed E-state index contributed by atoms with van der Waals surface area (Å²) in [6.45, 7) is 12.3. The molecule has 1 N–H and O–H groups in total. The number of aliphatic hydroxyl groups is 1. The van der Waals surface area contributed by atoms with Gasteiger partial charge in [-0.25, -0.2) is 0 Å². The van der Waals surface area contributed by atoms with Gasteiger partial charge in [0, 0.05) is 12.8 Å². The first-order valence-electron chi connectivity index (χ1n) is 7.64. The van der Waals surface area contributed by atoms with Crippen LogP contribution in [0.25, 0.3) is 0 Å². The predicted octanol–water partition coefficient (Wildman–Crippen LogP) is 3.57. The lowest BCUT2D eigenvalue weighted by atomic mass is 9.60. The van der Waals surface area contributed by atoms with Gasteiger partial charge in [-0.3, -0.25) is 4.79 Å². The van der Waals surface area contributed by atoms with Crippen LogP contribution in [0.3, 0.4) is 0 Å². The summed E-state index contributed by atoms with van der Waals surface area (Å²) in [6.07, 6.45) is 4.09. The van der Waals surface area contributed by atoms with Crippen molar-refractivity contribution in [1.82, 2.24) is 0 Å². The molecule has 0 saturated heterocycles. The van der Waals surface area contributed by atoms with Gasteiger partial charge in [0.25, 0.3) is 0 Å². The Morgan fingerprint density at radius 2 is 1.95 bits per heavy atom. The van der Waals surface area contributed by atoms with Crippen molar-refractivity contribution in [2.45, 2.75) is 60.0 Å². The van der Waals surface area contributed by atoms with E-state index in [1.54, 1.807) is 0 Å². The molecule has 5 atom stereocenters. The minimum absolute atomic E-state index is 0.0122. The Hall–Kier alpha value is -0.830. The predicted molar refractivity (Wildman–Crippen MR) is 81.2 cm³/mol. The number of hydrogen-bond donors (Lipinski definition) is 1. The molecule has 3 nitrogen and oxygen atoms in total. The van der Waals surface area contributed by atoms with Crippen LogP contribution in [0.5, 0.6) is 0 Å². The van der Waals surface area contributed by atoms with Gasteiger partial charge in [0.15, 0.2) is 0 Å². The summed E-state index contributed by atoms with van der Waals surface area (Å²) in [5.41, 5.74) is 0.578. The van der Waals surface area contributed by atoms with Crippen LogP contribution >= 0.6 is 0 Å². The normalized spacial score (nSPS) is 37.4. The molecule has 0 aliphatic heterocycles. The highest BCUT2D eigenvalue weighted by atomic mass is 16.5. The smallest absolute Gasteiger partial charge is 0.302 e. The molecule has 1 saturated carbocycles. The number of carbonyl (C=O) groups is 1. The molecule has 0 amide bonds. The monoisotopic (exact) mass is 282 g/mol. The van der Waals surface area contributed by atoms with Crippen molar-refractivity contribution in [3.63, 3.8) is 0 Å². The van der Waals surface area contributed by atoms with Crippen LogP contribution in [0, 0.1) is 23.7 Å². The summed E-state index contributed by atoms with van der Waals surface area (Å²) in [4.78, 5) is 11.1. The van der Waals surface area contributed by atoms with Gasteiger partial charge in [0.1, 0.15) is 0 Å². The third-order valence-electron chi connectivity index (χ3n) is 4.84. The molecule has 0 aromatic carbocycles. The quantitative estimate of drug-likeness (QED) is 0.633. The Bertz CT molecular complexity index is 366. The molecule has 0 bridgehead atoms. The Balaban J connectivity index is 2.84. The number of allylic oxidation sites excluding steroid dienone is 2. The summed E-state index contributed by atoms with van der Waals surface area (Å²) in [5, 5.41) is 10.7. The van der Waals surface area contributed by atoms with Crippen molar-refractivity contribution in [2.75, 3.05) is 6.61 Å². The molecule has 3 heteroatoms. The minimum atomic E-state index is -0.754. The third-order valence-corrected chi connectivity index (χ3v) is 4.84. The van der Waals surface area contributed by atoms with Crippen LogP contribution < -0.4 is 0 Å². The Labute approximate surface area is 123 Å². The van der Waals surface area contributed by atoms with Gasteiger partial charge in [-0.05, 0) is 51.4 Å². The van der Waals surface area contributed by atoms with E-state index in [2.05, 4.69) is 33.8 Å². The molecule has 1 aliphatic carbocycles. The van der Waals surface area contributed by atoms with E-state index in [9.17, 15) is 9.90 Å². The molecule has 0 aromatic rings. The van der Waals surface area contributed by atoms with Gasteiger partial charge in [0.2, 0.25) is 0 Å². The molecule has 1 fully saturated rings. The van der Waals surface area contributed by atoms with E-state index in [0.29, 0.717) is 24.4 Å². The lowest BCUT2D eigenvalue weighted by Gasteiger charge is -2.48. The summed E-state index contributed by atoms with van der Waals surface area (Å²) in [5.74, 6) is 1.09. The van der Waals surface area contributed by atoms with Crippen molar-refractivity contribution >= 4 is 5.97 Å². The molecule has 0 radical (unpaired) electrons. The fraction of sp³-hybridized carbons (Fsp3) is 0.824. The van der Waals surface area contributed by atoms with Gasteiger partial charge < -0.3 is 9.84 Å². The van der Waals surface area contributed by atoms with Gasteiger partial charge in [-0.2, -0.15) is 0 Å². The topological polar surface area (TPSA) is 46.5 Å². The maximum Gasteiger partial charge on any atom is 0.302 e. The molecule has 20 heavy (non-hydrogen) atoms. The third kappa shape index (κ3) is 4.34. The first kappa shape index (κ1) is 17.2. The standard InChI is InChI=1S/C17H30O3/c1-11(2)7-8-15-12(3)9-17(6,19)16(13(15)4)10-20-14(5)18/h7,12-13,15-16,19H,8-10H2,1-6H3. The second-order valence-corrected chi connectivity index (χ2v) is 6.99. The zero-order valence-electron chi connectivity index (χ0n) is 13.8. The summed E-state index contributed by atoms with van der Waals surface area (Å²) >= 11 is 0. The summed E-state index contributed by atoms with van der Waals surface area (Å²) in [7, 11) is 0. The van der Waals surface area contributed by atoms with Crippen molar-refractivity contribution in [1.29, 1.82) is 0 Å². The van der Waals surface area contributed by atoms with E-state index < -0.39 is 5.60 Å². The Kier molecular flexibility index (Phi) is 5.81. The van der Waals surface area contributed by atoms with Crippen molar-refractivity contribution < 1.29 is 14.6 Å². The molecular formula is C17H30O3. The molecule has 0 aromatic heterocycles. The van der Waals surface area contributed by atoms with E-state index in [1.807, 2.05) is 6.92 Å². The lowest BCUT2D eigenvalue weighted by Crippen LogP contribution is -2.50. The van der Waals surface area contributed by atoms with Crippen LogP contribution in [0.4, 0.5) is 0 Å². The number of rotatable bonds is 4. The molecule has 116 valence electrons. The number of hydrogen-bond acceptors (Lipinski definition) is 3. The zero-order valence-corrected chi connectivity index (χ0v) is 13.8. The second kappa shape index (κ2) is 6.75. The van der Waals surface area contributed by atoms with Gasteiger partial charge in [0.05, 0.1) is 12.2 Å². The average molecular weight is 282 g/mol.